The van der Waals surface area contributed by atoms with Crippen molar-refractivity contribution in [2.45, 2.75) is 39.0 Å². The van der Waals surface area contributed by atoms with E-state index < -0.39 is 11.9 Å². The van der Waals surface area contributed by atoms with Crippen molar-refractivity contribution < 1.29 is 14.7 Å². The van der Waals surface area contributed by atoms with Crippen molar-refractivity contribution in [1.82, 2.24) is 4.90 Å². The highest BCUT2D eigenvalue weighted by Crippen LogP contribution is 2.40. The van der Waals surface area contributed by atoms with Crippen LogP contribution in [-0.4, -0.2) is 35.0 Å². The van der Waals surface area contributed by atoms with Crippen LogP contribution in [0.4, 0.5) is 0 Å². The number of carbonyl (C=O) groups is 2. The van der Waals surface area contributed by atoms with Gasteiger partial charge in [0, 0.05) is 13.1 Å². The quantitative estimate of drug-likeness (QED) is 0.816. The molecule has 1 N–H and O–H groups in total. The van der Waals surface area contributed by atoms with Crippen molar-refractivity contribution in [3.8, 4) is 0 Å². The fraction of sp³-hybridized carbons (Fsp3) is 0.846. The second-order valence-corrected chi connectivity index (χ2v) is 5.32. The molecule has 17 heavy (non-hydrogen) atoms. The number of amides is 1. The fourth-order valence-corrected chi connectivity index (χ4v) is 2.77. The van der Waals surface area contributed by atoms with Crippen LogP contribution >= 0.6 is 0 Å². The maximum Gasteiger partial charge on any atom is 0.307 e. The Balaban J connectivity index is 1.86. The molecule has 1 saturated carbocycles. The summed E-state index contributed by atoms with van der Waals surface area (Å²) in [5, 5.41) is 8.84. The predicted octanol–water partition coefficient (Wildman–Crippen LogP) is 1.75. The molecule has 1 heterocycles. The molecule has 1 amide bonds. The van der Waals surface area contributed by atoms with Gasteiger partial charge in [-0.3, -0.25) is 9.59 Å². The lowest BCUT2D eigenvalue weighted by atomic mass is 9.98. The highest BCUT2D eigenvalue weighted by molar-refractivity contribution is 5.89. The summed E-state index contributed by atoms with van der Waals surface area (Å²) in [6, 6.07) is 0. The summed E-state index contributed by atoms with van der Waals surface area (Å²) < 4.78 is 0. The minimum absolute atomic E-state index is 0.0779. The molecule has 1 aliphatic carbocycles. The molecular formula is C13H21NO3. The topological polar surface area (TPSA) is 57.6 Å². The Kier molecular flexibility index (Phi) is 3.69. The maximum absolute atomic E-state index is 12.1. The lowest BCUT2D eigenvalue weighted by Crippen LogP contribution is -2.34. The van der Waals surface area contributed by atoms with Gasteiger partial charge in [-0.15, -0.1) is 0 Å². The minimum atomic E-state index is -0.815. The second-order valence-electron chi connectivity index (χ2n) is 5.32. The molecule has 2 aliphatic rings. The standard InChI is InChI=1S/C13H21NO3/c1-2-9-4-3-6-14(7-5-9)12(15)10-8-11(10)13(16)17/h9-11H,2-8H2,1H3,(H,16,17)/t9?,10-,11+/m1/s1. The summed E-state index contributed by atoms with van der Waals surface area (Å²) in [4.78, 5) is 24.7. The maximum atomic E-state index is 12.1. The van der Waals surface area contributed by atoms with E-state index in [4.69, 9.17) is 5.11 Å². The molecule has 0 radical (unpaired) electrons. The minimum Gasteiger partial charge on any atom is -0.481 e. The number of carboxylic acid groups (broad SMARTS) is 1. The van der Waals surface area contributed by atoms with E-state index in [2.05, 4.69) is 6.92 Å². The molecule has 1 unspecified atom stereocenters. The van der Waals surface area contributed by atoms with Crippen LogP contribution < -0.4 is 0 Å². The molecule has 1 saturated heterocycles. The van der Waals surface area contributed by atoms with Crippen LogP contribution in [0.2, 0.25) is 0 Å². The Morgan fingerprint density at radius 2 is 2.00 bits per heavy atom. The van der Waals surface area contributed by atoms with Gasteiger partial charge in [0.2, 0.25) is 5.91 Å². The molecular weight excluding hydrogens is 218 g/mol. The van der Waals surface area contributed by atoms with Crippen molar-refractivity contribution in [1.29, 1.82) is 0 Å². The third-order valence-corrected chi connectivity index (χ3v) is 4.16. The van der Waals surface area contributed by atoms with Gasteiger partial charge in [-0.25, -0.2) is 0 Å². The zero-order valence-electron chi connectivity index (χ0n) is 10.4. The zero-order valence-corrected chi connectivity index (χ0v) is 10.4. The zero-order chi connectivity index (χ0) is 12.4. The van der Waals surface area contributed by atoms with Crippen LogP contribution in [0.3, 0.4) is 0 Å². The molecule has 0 aromatic heterocycles. The van der Waals surface area contributed by atoms with Crippen LogP contribution in [0.15, 0.2) is 0 Å². The lowest BCUT2D eigenvalue weighted by molar-refractivity contribution is -0.142. The monoisotopic (exact) mass is 239 g/mol. The third-order valence-electron chi connectivity index (χ3n) is 4.16. The second kappa shape index (κ2) is 5.07. The number of rotatable bonds is 3. The number of nitrogens with zero attached hydrogens (tertiary/aromatic N) is 1. The van der Waals surface area contributed by atoms with Gasteiger partial charge in [-0.2, -0.15) is 0 Å². The molecule has 2 fully saturated rings. The number of hydrogen-bond donors (Lipinski definition) is 1. The van der Waals surface area contributed by atoms with Crippen molar-refractivity contribution >= 4 is 11.9 Å². The summed E-state index contributed by atoms with van der Waals surface area (Å²) in [6.45, 7) is 3.84. The first kappa shape index (κ1) is 12.4. The number of carbonyl (C=O) groups excluding carboxylic acids is 1. The Morgan fingerprint density at radius 3 is 2.59 bits per heavy atom. The van der Waals surface area contributed by atoms with Gasteiger partial charge in [-0.05, 0) is 31.6 Å². The largest absolute Gasteiger partial charge is 0.481 e. The van der Waals surface area contributed by atoms with E-state index in [1.165, 1.54) is 12.8 Å². The van der Waals surface area contributed by atoms with Gasteiger partial charge < -0.3 is 10.0 Å². The molecule has 96 valence electrons. The number of likely N-dealkylation sites (tertiary alicyclic amines) is 1. The highest BCUT2D eigenvalue weighted by atomic mass is 16.4. The van der Waals surface area contributed by atoms with E-state index in [1.54, 1.807) is 0 Å². The number of carboxylic acids is 1. The smallest absolute Gasteiger partial charge is 0.307 e. The van der Waals surface area contributed by atoms with E-state index >= 15 is 0 Å². The van der Waals surface area contributed by atoms with Gasteiger partial charge in [0.05, 0.1) is 11.8 Å². The van der Waals surface area contributed by atoms with Crippen LogP contribution in [0.25, 0.3) is 0 Å². The van der Waals surface area contributed by atoms with Crippen molar-refractivity contribution in [3.63, 3.8) is 0 Å². The van der Waals surface area contributed by atoms with E-state index in [1.807, 2.05) is 4.90 Å². The molecule has 0 aromatic rings. The average Bonchev–Trinajstić information content (AvgIpc) is 3.11. The van der Waals surface area contributed by atoms with E-state index in [0.29, 0.717) is 6.42 Å². The normalized spacial score (nSPS) is 33.0. The molecule has 0 aromatic carbocycles. The third kappa shape index (κ3) is 2.79. The number of aliphatic carboxylic acids is 1. The highest BCUT2D eigenvalue weighted by Gasteiger charge is 2.49. The van der Waals surface area contributed by atoms with E-state index in [-0.39, 0.29) is 11.8 Å². The Hall–Kier alpha value is -1.06. The Labute approximate surface area is 102 Å². The van der Waals surface area contributed by atoms with Gasteiger partial charge in [-0.1, -0.05) is 13.3 Å². The van der Waals surface area contributed by atoms with Crippen molar-refractivity contribution in [2.75, 3.05) is 13.1 Å². The summed E-state index contributed by atoms with van der Waals surface area (Å²) in [5.74, 6) is -0.639. The fourth-order valence-electron chi connectivity index (χ4n) is 2.77. The summed E-state index contributed by atoms with van der Waals surface area (Å²) in [6.07, 6.45) is 5.07. The average molecular weight is 239 g/mol. The van der Waals surface area contributed by atoms with Crippen molar-refractivity contribution in [3.05, 3.63) is 0 Å². The molecule has 0 bridgehead atoms. The summed E-state index contributed by atoms with van der Waals surface area (Å²) in [7, 11) is 0. The lowest BCUT2D eigenvalue weighted by Gasteiger charge is -2.20. The van der Waals surface area contributed by atoms with Gasteiger partial charge >= 0.3 is 5.97 Å². The van der Waals surface area contributed by atoms with E-state index in [9.17, 15) is 9.59 Å². The molecule has 3 atom stereocenters. The van der Waals surface area contributed by atoms with Crippen LogP contribution in [0.5, 0.6) is 0 Å². The first-order chi connectivity index (χ1) is 8.13. The Bertz CT molecular complexity index is 316. The predicted molar refractivity (Wildman–Crippen MR) is 63.4 cm³/mol. The van der Waals surface area contributed by atoms with Crippen LogP contribution in [0, 0.1) is 17.8 Å². The van der Waals surface area contributed by atoms with Gasteiger partial charge in [0.15, 0.2) is 0 Å². The molecule has 4 heteroatoms. The first-order valence-electron chi connectivity index (χ1n) is 6.65. The Morgan fingerprint density at radius 1 is 1.24 bits per heavy atom. The summed E-state index contributed by atoms with van der Waals surface area (Å²) >= 11 is 0. The van der Waals surface area contributed by atoms with Crippen molar-refractivity contribution in [2.24, 2.45) is 17.8 Å². The number of hydrogen-bond acceptors (Lipinski definition) is 2. The van der Waals surface area contributed by atoms with Crippen LogP contribution in [0.1, 0.15) is 39.0 Å². The molecule has 1 aliphatic heterocycles. The molecule has 0 spiro atoms. The molecule has 2 rings (SSSR count). The summed E-state index contributed by atoms with van der Waals surface area (Å²) in [5.41, 5.74) is 0. The van der Waals surface area contributed by atoms with Gasteiger partial charge in [0.25, 0.3) is 0 Å². The van der Waals surface area contributed by atoms with Gasteiger partial charge in [0.1, 0.15) is 0 Å². The SMILES string of the molecule is CCC1CCCN(C(=O)[C@@H]2C[C@@H]2C(=O)O)CC1. The first-order valence-corrected chi connectivity index (χ1v) is 6.65. The molecule has 4 nitrogen and oxygen atoms in total. The van der Waals surface area contributed by atoms with E-state index in [0.717, 1.165) is 31.8 Å². The van der Waals surface area contributed by atoms with Crippen LogP contribution in [-0.2, 0) is 9.59 Å².